The number of nitrogens with one attached hydrogen (secondary N) is 2. The van der Waals surface area contributed by atoms with E-state index >= 15 is 0 Å². The number of hydrogen-bond donors (Lipinski definition) is 2. The Bertz CT molecular complexity index is 436. The van der Waals surface area contributed by atoms with Crippen molar-refractivity contribution in [3.05, 3.63) is 24.3 Å². The second-order valence-corrected chi connectivity index (χ2v) is 5.45. The third-order valence-electron chi connectivity index (χ3n) is 3.14. The Morgan fingerprint density at radius 3 is 2.95 bits per heavy atom. The van der Waals surface area contributed by atoms with Gasteiger partial charge in [0, 0.05) is 36.8 Å². The molecule has 0 aliphatic carbocycles. The van der Waals surface area contributed by atoms with Crippen molar-refractivity contribution in [2.24, 2.45) is 0 Å². The Morgan fingerprint density at radius 1 is 1.40 bits per heavy atom. The monoisotopic (exact) mass is 295 g/mol. The zero-order chi connectivity index (χ0) is 14.2. The Hall–Kier alpha value is -1.24. The fourth-order valence-electron chi connectivity index (χ4n) is 2.03. The van der Waals surface area contributed by atoms with E-state index in [0.717, 1.165) is 43.4 Å². The van der Waals surface area contributed by atoms with Gasteiger partial charge in [0.25, 0.3) is 0 Å². The molecule has 1 heterocycles. The normalized spacial score (nSPS) is 15.8. The van der Waals surface area contributed by atoms with Crippen molar-refractivity contribution < 1.29 is 9.53 Å². The zero-order valence-corrected chi connectivity index (χ0v) is 12.5. The number of anilines is 1. The molecule has 0 atom stereocenters. The molecule has 1 aromatic carbocycles. The van der Waals surface area contributed by atoms with E-state index in [4.69, 9.17) is 4.74 Å². The molecule has 0 spiro atoms. The van der Waals surface area contributed by atoms with Crippen LogP contribution in [-0.2, 0) is 4.74 Å². The van der Waals surface area contributed by atoms with E-state index in [1.165, 1.54) is 0 Å². The third kappa shape index (κ3) is 5.03. The van der Waals surface area contributed by atoms with Gasteiger partial charge in [0.2, 0.25) is 0 Å². The Kier molecular flexibility index (Phi) is 6.17. The molecule has 6 heteroatoms. The standard InChI is InChI=1S/C14H21N3O2S/c1-20-13-4-2-3-12(11-13)16-14(18)15-5-6-17-7-9-19-10-8-17/h2-4,11H,5-10H2,1H3,(H2,15,16,18). The second-order valence-electron chi connectivity index (χ2n) is 4.57. The average molecular weight is 295 g/mol. The number of thioether (sulfide) groups is 1. The highest BCUT2D eigenvalue weighted by molar-refractivity contribution is 7.98. The maximum Gasteiger partial charge on any atom is 0.319 e. The van der Waals surface area contributed by atoms with Gasteiger partial charge in [-0.15, -0.1) is 11.8 Å². The molecule has 1 saturated heterocycles. The summed E-state index contributed by atoms with van der Waals surface area (Å²) in [5.41, 5.74) is 0.820. The van der Waals surface area contributed by atoms with Gasteiger partial charge < -0.3 is 15.4 Å². The van der Waals surface area contributed by atoms with Crippen LogP contribution in [0.15, 0.2) is 29.2 Å². The molecule has 20 heavy (non-hydrogen) atoms. The minimum atomic E-state index is -0.156. The van der Waals surface area contributed by atoms with Gasteiger partial charge in [-0.3, -0.25) is 4.90 Å². The topological polar surface area (TPSA) is 53.6 Å². The Balaban J connectivity index is 1.69. The lowest BCUT2D eigenvalue weighted by atomic mass is 10.3. The Labute approximate surface area is 124 Å². The van der Waals surface area contributed by atoms with Gasteiger partial charge in [-0.05, 0) is 24.5 Å². The van der Waals surface area contributed by atoms with E-state index in [-0.39, 0.29) is 6.03 Å². The maximum absolute atomic E-state index is 11.8. The quantitative estimate of drug-likeness (QED) is 0.814. The van der Waals surface area contributed by atoms with Gasteiger partial charge in [-0.25, -0.2) is 4.79 Å². The van der Waals surface area contributed by atoms with E-state index in [1.807, 2.05) is 30.5 Å². The molecule has 2 amide bonds. The third-order valence-corrected chi connectivity index (χ3v) is 3.87. The average Bonchev–Trinajstić information content (AvgIpc) is 2.48. The minimum absolute atomic E-state index is 0.156. The van der Waals surface area contributed by atoms with Crippen molar-refractivity contribution >= 4 is 23.5 Å². The van der Waals surface area contributed by atoms with E-state index in [1.54, 1.807) is 11.8 Å². The molecule has 0 saturated carbocycles. The summed E-state index contributed by atoms with van der Waals surface area (Å²) < 4.78 is 5.28. The molecule has 2 rings (SSSR count). The van der Waals surface area contributed by atoms with Crippen LogP contribution in [0.5, 0.6) is 0 Å². The summed E-state index contributed by atoms with van der Waals surface area (Å²) in [6.07, 6.45) is 2.02. The predicted octanol–water partition coefficient (Wildman–Crippen LogP) is 1.86. The van der Waals surface area contributed by atoms with Crippen LogP contribution < -0.4 is 10.6 Å². The number of benzene rings is 1. The van der Waals surface area contributed by atoms with Crippen LogP contribution in [0, 0.1) is 0 Å². The Morgan fingerprint density at radius 2 is 2.20 bits per heavy atom. The predicted molar refractivity (Wildman–Crippen MR) is 82.5 cm³/mol. The largest absolute Gasteiger partial charge is 0.379 e. The van der Waals surface area contributed by atoms with E-state index in [0.29, 0.717) is 6.54 Å². The molecule has 1 aromatic rings. The molecule has 0 aromatic heterocycles. The fraction of sp³-hybridized carbons (Fsp3) is 0.500. The molecule has 110 valence electrons. The lowest BCUT2D eigenvalue weighted by Gasteiger charge is -2.26. The number of carbonyl (C=O) groups excluding carboxylic acids is 1. The summed E-state index contributed by atoms with van der Waals surface area (Å²) in [6.45, 7) is 4.97. The van der Waals surface area contributed by atoms with Crippen LogP contribution in [0.4, 0.5) is 10.5 Å². The van der Waals surface area contributed by atoms with Crippen molar-refractivity contribution in [1.29, 1.82) is 0 Å². The summed E-state index contributed by atoms with van der Waals surface area (Å²) >= 11 is 1.66. The number of morpholine rings is 1. The number of rotatable bonds is 5. The first-order chi connectivity index (χ1) is 9.78. The smallest absolute Gasteiger partial charge is 0.319 e. The summed E-state index contributed by atoms with van der Waals surface area (Å²) in [6, 6.07) is 7.66. The van der Waals surface area contributed by atoms with Crippen molar-refractivity contribution in [1.82, 2.24) is 10.2 Å². The van der Waals surface area contributed by atoms with Crippen LogP contribution in [-0.4, -0.2) is 56.6 Å². The molecular weight excluding hydrogens is 274 g/mol. The van der Waals surface area contributed by atoms with E-state index in [9.17, 15) is 4.79 Å². The highest BCUT2D eigenvalue weighted by Gasteiger charge is 2.10. The van der Waals surface area contributed by atoms with Gasteiger partial charge >= 0.3 is 6.03 Å². The summed E-state index contributed by atoms with van der Waals surface area (Å²) in [5.74, 6) is 0. The molecule has 5 nitrogen and oxygen atoms in total. The van der Waals surface area contributed by atoms with Crippen molar-refractivity contribution in [3.8, 4) is 0 Å². The number of urea groups is 1. The van der Waals surface area contributed by atoms with E-state index in [2.05, 4.69) is 15.5 Å². The van der Waals surface area contributed by atoms with Crippen LogP contribution in [0.1, 0.15) is 0 Å². The van der Waals surface area contributed by atoms with Crippen LogP contribution >= 0.6 is 11.8 Å². The van der Waals surface area contributed by atoms with Crippen LogP contribution in [0.2, 0.25) is 0 Å². The molecule has 0 unspecified atom stereocenters. The number of amides is 2. The first kappa shape index (κ1) is 15.2. The number of nitrogens with zero attached hydrogens (tertiary/aromatic N) is 1. The minimum Gasteiger partial charge on any atom is -0.379 e. The van der Waals surface area contributed by atoms with Gasteiger partial charge in [-0.2, -0.15) is 0 Å². The maximum atomic E-state index is 11.8. The van der Waals surface area contributed by atoms with Crippen molar-refractivity contribution in [3.63, 3.8) is 0 Å². The lowest BCUT2D eigenvalue weighted by molar-refractivity contribution is 0.0388. The van der Waals surface area contributed by atoms with Crippen molar-refractivity contribution in [2.75, 3.05) is 51.0 Å². The first-order valence-electron chi connectivity index (χ1n) is 6.77. The molecular formula is C14H21N3O2S. The first-order valence-corrected chi connectivity index (χ1v) is 7.99. The van der Waals surface area contributed by atoms with E-state index < -0.39 is 0 Å². The van der Waals surface area contributed by atoms with Crippen LogP contribution in [0.25, 0.3) is 0 Å². The molecule has 1 fully saturated rings. The van der Waals surface area contributed by atoms with Gasteiger partial charge in [0.05, 0.1) is 13.2 Å². The summed E-state index contributed by atoms with van der Waals surface area (Å²) in [5, 5.41) is 5.72. The molecule has 1 aliphatic heterocycles. The van der Waals surface area contributed by atoms with Gasteiger partial charge in [0.15, 0.2) is 0 Å². The highest BCUT2D eigenvalue weighted by Crippen LogP contribution is 2.18. The SMILES string of the molecule is CSc1cccc(NC(=O)NCCN2CCOCC2)c1. The number of carbonyl (C=O) groups is 1. The highest BCUT2D eigenvalue weighted by atomic mass is 32.2. The molecule has 2 N–H and O–H groups in total. The van der Waals surface area contributed by atoms with Crippen LogP contribution in [0.3, 0.4) is 0 Å². The van der Waals surface area contributed by atoms with Gasteiger partial charge in [0.1, 0.15) is 0 Å². The number of ether oxygens (including phenoxy) is 1. The van der Waals surface area contributed by atoms with Crippen molar-refractivity contribution in [2.45, 2.75) is 4.90 Å². The lowest BCUT2D eigenvalue weighted by Crippen LogP contribution is -2.42. The summed E-state index contributed by atoms with van der Waals surface area (Å²) in [7, 11) is 0. The number of hydrogen-bond acceptors (Lipinski definition) is 4. The fourth-order valence-corrected chi connectivity index (χ4v) is 2.49. The molecule has 0 radical (unpaired) electrons. The second kappa shape index (κ2) is 8.14. The molecule has 0 bridgehead atoms. The zero-order valence-electron chi connectivity index (χ0n) is 11.7. The van der Waals surface area contributed by atoms with Gasteiger partial charge in [-0.1, -0.05) is 6.07 Å². The molecule has 1 aliphatic rings. The summed E-state index contributed by atoms with van der Waals surface area (Å²) in [4.78, 5) is 15.2.